The number of nitrogens with one attached hydrogen (secondary N) is 1. The lowest BCUT2D eigenvalue weighted by atomic mass is 9.98. The van der Waals surface area contributed by atoms with E-state index in [9.17, 15) is 14.7 Å². The van der Waals surface area contributed by atoms with Gasteiger partial charge in [0.05, 0.1) is 11.9 Å². The molecule has 1 amide bonds. The minimum atomic E-state index is -1.11. The lowest BCUT2D eigenvalue weighted by molar-refractivity contribution is 0.0703. The van der Waals surface area contributed by atoms with Gasteiger partial charge in [-0.3, -0.25) is 10.00 Å². The van der Waals surface area contributed by atoms with Gasteiger partial charge in [0.2, 0.25) is 0 Å². The van der Waals surface area contributed by atoms with Crippen LogP contribution in [0.3, 0.4) is 0 Å². The molecule has 0 radical (unpaired) electrons. The Balaban J connectivity index is 1.34. The zero-order valence-electron chi connectivity index (χ0n) is 17.1. The number of amides is 1. The Morgan fingerprint density at radius 2 is 1.78 bits per heavy atom. The summed E-state index contributed by atoms with van der Waals surface area (Å²) >= 11 is 1.08. The van der Waals surface area contributed by atoms with Gasteiger partial charge in [0, 0.05) is 29.6 Å². The third kappa shape index (κ3) is 3.54. The molecule has 0 atom stereocenters. The van der Waals surface area contributed by atoms with Crippen molar-refractivity contribution in [3.05, 3.63) is 83.0 Å². The third-order valence-corrected chi connectivity index (χ3v) is 6.67. The van der Waals surface area contributed by atoms with E-state index in [0.717, 1.165) is 39.2 Å². The van der Waals surface area contributed by atoms with Crippen LogP contribution in [0.5, 0.6) is 0 Å². The first kappa shape index (κ1) is 20.0. The van der Waals surface area contributed by atoms with Gasteiger partial charge < -0.3 is 9.84 Å². The fourth-order valence-corrected chi connectivity index (χ4v) is 5.01. The largest absolute Gasteiger partial charge is 0.477 e. The highest BCUT2D eigenvalue weighted by Gasteiger charge is 2.29. The molecule has 0 saturated heterocycles. The molecule has 1 aliphatic rings. The number of carboxylic acid groups (broad SMARTS) is 1. The van der Waals surface area contributed by atoms with Gasteiger partial charge in [0.25, 0.3) is 0 Å². The molecule has 4 aromatic rings. The van der Waals surface area contributed by atoms with E-state index in [-0.39, 0.29) is 23.1 Å². The summed E-state index contributed by atoms with van der Waals surface area (Å²) in [5, 5.41) is 16.3. The monoisotopic (exact) mass is 445 g/mol. The first-order valence-corrected chi connectivity index (χ1v) is 10.8. The normalized spacial score (nSPS) is 12.3. The Bertz CT molecular complexity index is 1300. The average molecular weight is 446 g/mol. The molecule has 2 aromatic heterocycles. The molecule has 0 saturated carbocycles. The number of aromatic nitrogens is 2. The minimum Gasteiger partial charge on any atom is -0.477 e. The van der Waals surface area contributed by atoms with E-state index in [1.807, 2.05) is 36.4 Å². The van der Waals surface area contributed by atoms with Crippen LogP contribution in [0.1, 0.15) is 26.7 Å². The predicted octanol–water partition coefficient (Wildman–Crippen LogP) is 5.21. The summed E-state index contributed by atoms with van der Waals surface area (Å²) in [6.45, 7) is 0.155. The van der Waals surface area contributed by atoms with Crippen LogP contribution in [0.2, 0.25) is 0 Å². The van der Waals surface area contributed by atoms with Gasteiger partial charge in [-0.1, -0.05) is 48.5 Å². The van der Waals surface area contributed by atoms with E-state index in [4.69, 9.17) is 4.74 Å². The van der Waals surface area contributed by atoms with Gasteiger partial charge in [-0.25, -0.2) is 9.59 Å². The number of fused-ring (bicyclic) bond motifs is 3. The number of benzene rings is 2. The number of anilines is 1. The maximum Gasteiger partial charge on any atom is 0.411 e. The van der Waals surface area contributed by atoms with Crippen molar-refractivity contribution in [3.8, 4) is 21.6 Å². The van der Waals surface area contributed by atoms with Crippen LogP contribution in [0.25, 0.3) is 21.6 Å². The molecule has 7 nitrogen and oxygen atoms in total. The number of carbonyl (C=O) groups is 2. The molecule has 8 heteroatoms. The summed E-state index contributed by atoms with van der Waals surface area (Å²) in [7, 11) is 1.78. The highest BCUT2D eigenvalue weighted by molar-refractivity contribution is 7.18. The number of hydrogen-bond acceptors (Lipinski definition) is 5. The van der Waals surface area contributed by atoms with Crippen molar-refractivity contribution in [1.29, 1.82) is 0 Å². The molecule has 2 N–H and O–H groups in total. The van der Waals surface area contributed by atoms with Gasteiger partial charge in [0.1, 0.15) is 11.5 Å². The molecular formula is C24H19N3O4S. The zero-order chi connectivity index (χ0) is 22.2. The van der Waals surface area contributed by atoms with Crippen molar-refractivity contribution < 1.29 is 19.4 Å². The van der Waals surface area contributed by atoms with Crippen LogP contribution in [0.4, 0.5) is 10.5 Å². The number of hydrogen-bond donors (Lipinski definition) is 2. The molecule has 0 unspecified atom stereocenters. The van der Waals surface area contributed by atoms with Crippen molar-refractivity contribution in [2.24, 2.45) is 7.05 Å². The summed E-state index contributed by atoms with van der Waals surface area (Å²) in [4.78, 5) is 25.0. The maximum atomic E-state index is 12.6. The molecule has 5 rings (SSSR count). The molecule has 0 bridgehead atoms. The van der Waals surface area contributed by atoms with Crippen molar-refractivity contribution in [2.45, 2.75) is 5.92 Å². The fraction of sp³-hybridized carbons (Fsp3) is 0.125. The summed E-state index contributed by atoms with van der Waals surface area (Å²) in [6, 6.07) is 17.8. The number of nitrogens with zero attached hydrogens (tertiary/aromatic N) is 2. The number of aromatic carboxylic acids is 1. The van der Waals surface area contributed by atoms with E-state index in [1.54, 1.807) is 30.2 Å². The average Bonchev–Trinajstić information content (AvgIpc) is 3.48. The highest BCUT2D eigenvalue weighted by Crippen LogP contribution is 2.44. The Kier molecular flexibility index (Phi) is 4.99. The second kappa shape index (κ2) is 7.97. The Morgan fingerprint density at radius 3 is 2.38 bits per heavy atom. The van der Waals surface area contributed by atoms with E-state index in [1.165, 1.54) is 0 Å². The molecule has 2 aromatic carbocycles. The number of aryl methyl sites for hydroxylation is 1. The Morgan fingerprint density at radius 1 is 1.12 bits per heavy atom. The number of ether oxygens (including phenoxy) is 1. The fourth-order valence-electron chi connectivity index (χ4n) is 4.08. The molecule has 1 aliphatic carbocycles. The van der Waals surface area contributed by atoms with Gasteiger partial charge in [-0.2, -0.15) is 5.10 Å². The van der Waals surface area contributed by atoms with E-state index < -0.39 is 12.1 Å². The minimum absolute atomic E-state index is 0.0392. The van der Waals surface area contributed by atoms with Crippen molar-refractivity contribution in [1.82, 2.24) is 9.78 Å². The van der Waals surface area contributed by atoms with Crippen molar-refractivity contribution >= 4 is 29.1 Å². The second-order valence-electron chi connectivity index (χ2n) is 7.51. The first-order chi connectivity index (χ1) is 15.5. The topological polar surface area (TPSA) is 93.5 Å². The van der Waals surface area contributed by atoms with Crippen LogP contribution in [-0.4, -0.2) is 33.6 Å². The molecule has 2 heterocycles. The van der Waals surface area contributed by atoms with E-state index in [0.29, 0.717) is 4.88 Å². The highest BCUT2D eigenvalue weighted by atomic mass is 32.1. The lowest BCUT2D eigenvalue weighted by Gasteiger charge is -2.14. The number of carbonyl (C=O) groups excluding carboxylic acids is 1. The lowest BCUT2D eigenvalue weighted by Crippen LogP contribution is -2.18. The van der Waals surface area contributed by atoms with Crippen molar-refractivity contribution in [3.63, 3.8) is 0 Å². The van der Waals surface area contributed by atoms with Gasteiger partial charge in [-0.15, -0.1) is 11.3 Å². The predicted molar refractivity (Wildman–Crippen MR) is 122 cm³/mol. The van der Waals surface area contributed by atoms with Crippen LogP contribution < -0.4 is 5.32 Å². The molecular weight excluding hydrogens is 426 g/mol. The number of rotatable bonds is 5. The Hall–Kier alpha value is -3.91. The molecule has 0 spiro atoms. The summed E-state index contributed by atoms with van der Waals surface area (Å²) in [6.07, 6.45) is 2.74. The second-order valence-corrected chi connectivity index (χ2v) is 8.56. The summed E-state index contributed by atoms with van der Waals surface area (Å²) in [5.41, 5.74) is 5.50. The molecule has 32 heavy (non-hydrogen) atoms. The number of carboxylic acids is 1. The van der Waals surface area contributed by atoms with Crippen LogP contribution in [0, 0.1) is 0 Å². The maximum absolute atomic E-state index is 12.6. The van der Waals surface area contributed by atoms with Gasteiger partial charge in [0.15, 0.2) is 0 Å². The smallest absolute Gasteiger partial charge is 0.411 e. The first-order valence-electron chi connectivity index (χ1n) is 9.99. The van der Waals surface area contributed by atoms with E-state index in [2.05, 4.69) is 22.5 Å². The van der Waals surface area contributed by atoms with Gasteiger partial charge >= 0.3 is 12.1 Å². The standard InChI is InChI=1S/C24H19N3O4S/c1-27-12-14(11-25-27)21-10-20(22(32-21)23(28)29)26-24(30)31-13-19-17-8-4-2-6-15(17)16-7-3-5-9-18(16)19/h2-12,19H,13H2,1H3,(H,26,30)(H,28,29). The Labute approximate surface area is 187 Å². The molecule has 0 aliphatic heterocycles. The summed E-state index contributed by atoms with van der Waals surface area (Å²) < 4.78 is 7.18. The van der Waals surface area contributed by atoms with Crippen molar-refractivity contribution in [2.75, 3.05) is 11.9 Å². The van der Waals surface area contributed by atoms with Crippen LogP contribution in [0.15, 0.2) is 67.0 Å². The van der Waals surface area contributed by atoms with Crippen LogP contribution >= 0.6 is 11.3 Å². The van der Waals surface area contributed by atoms with Crippen LogP contribution in [-0.2, 0) is 11.8 Å². The summed E-state index contributed by atoms with van der Waals surface area (Å²) in [5.74, 6) is -1.18. The SMILES string of the molecule is Cn1cc(-c2cc(NC(=O)OCC3c4ccccc4-c4ccccc43)c(C(=O)O)s2)cn1. The molecule has 0 fully saturated rings. The third-order valence-electron chi connectivity index (χ3n) is 5.50. The van der Waals surface area contributed by atoms with Gasteiger partial charge in [-0.05, 0) is 28.3 Å². The van der Waals surface area contributed by atoms with E-state index >= 15 is 0 Å². The number of thiophene rings is 1. The zero-order valence-corrected chi connectivity index (χ0v) is 17.9. The quantitative estimate of drug-likeness (QED) is 0.440. The molecule has 160 valence electrons.